The number of hydrazine groups is 1. The predicted molar refractivity (Wildman–Crippen MR) is 85.0 cm³/mol. The molecule has 0 radical (unpaired) electrons. The fourth-order valence-corrected chi connectivity index (χ4v) is 2.97. The van der Waals surface area contributed by atoms with Crippen LogP contribution >= 0.6 is 11.8 Å². The number of rotatable bonds is 6. The van der Waals surface area contributed by atoms with Crippen LogP contribution in [0.5, 0.6) is 5.75 Å². The maximum atomic E-state index is 5.77. The number of hydrogen-bond acceptors (Lipinski definition) is 4. The molecular weight excluding hydrogens is 268 g/mol. The van der Waals surface area contributed by atoms with Gasteiger partial charge in [0.1, 0.15) is 5.75 Å². The second-order valence-corrected chi connectivity index (χ2v) is 5.33. The summed E-state index contributed by atoms with van der Waals surface area (Å²) in [5, 5.41) is 0. The molecule has 1 unspecified atom stereocenters. The molecule has 0 saturated heterocycles. The Morgan fingerprint density at radius 3 is 2.55 bits per heavy atom. The number of ether oxygens (including phenoxy) is 1. The van der Waals surface area contributed by atoms with Crippen molar-refractivity contribution in [3.8, 4) is 5.75 Å². The van der Waals surface area contributed by atoms with Crippen molar-refractivity contribution in [1.82, 2.24) is 5.43 Å². The van der Waals surface area contributed by atoms with Crippen molar-refractivity contribution in [2.24, 2.45) is 5.84 Å². The molecule has 0 bridgehead atoms. The van der Waals surface area contributed by atoms with E-state index in [2.05, 4.69) is 29.9 Å². The van der Waals surface area contributed by atoms with Gasteiger partial charge in [0.2, 0.25) is 0 Å². The second kappa shape index (κ2) is 7.33. The first-order chi connectivity index (χ1) is 9.80. The predicted octanol–water partition coefficient (Wildman–Crippen LogP) is 3.16. The number of nitrogens with one attached hydrogen (secondary N) is 1. The standard InChI is InChI=1S/C16H20N2OS/c1-19-15-9-5-3-7-12(15)11-14(18-17)13-8-4-6-10-16(13)20-2/h3-10,14,18H,11,17H2,1-2H3. The SMILES string of the molecule is COc1ccccc1CC(NN)c1ccccc1SC. The Bertz CT molecular complexity index is 560. The first kappa shape index (κ1) is 14.9. The van der Waals surface area contributed by atoms with Crippen molar-refractivity contribution in [3.05, 3.63) is 59.7 Å². The quantitative estimate of drug-likeness (QED) is 0.487. The monoisotopic (exact) mass is 288 g/mol. The molecule has 3 nitrogen and oxygen atoms in total. The third-order valence-electron chi connectivity index (χ3n) is 3.33. The van der Waals surface area contributed by atoms with Crippen LogP contribution in [0.3, 0.4) is 0 Å². The fourth-order valence-electron chi connectivity index (χ4n) is 2.30. The molecule has 2 aromatic carbocycles. The number of methoxy groups -OCH3 is 1. The summed E-state index contributed by atoms with van der Waals surface area (Å²) in [6, 6.07) is 16.4. The smallest absolute Gasteiger partial charge is 0.122 e. The van der Waals surface area contributed by atoms with E-state index in [-0.39, 0.29) is 6.04 Å². The Hall–Kier alpha value is -1.49. The van der Waals surface area contributed by atoms with E-state index in [1.54, 1.807) is 18.9 Å². The largest absolute Gasteiger partial charge is 0.496 e. The summed E-state index contributed by atoms with van der Waals surface area (Å²) in [6.45, 7) is 0. The van der Waals surface area contributed by atoms with E-state index in [0.717, 1.165) is 17.7 Å². The minimum absolute atomic E-state index is 0.0648. The van der Waals surface area contributed by atoms with Gasteiger partial charge in [0.15, 0.2) is 0 Å². The van der Waals surface area contributed by atoms with Crippen LogP contribution in [-0.4, -0.2) is 13.4 Å². The number of benzene rings is 2. The van der Waals surface area contributed by atoms with E-state index in [1.165, 1.54) is 10.5 Å². The van der Waals surface area contributed by atoms with Gasteiger partial charge in [-0.2, -0.15) is 0 Å². The summed E-state index contributed by atoms with van der Waals surface area (Å²) in [6.07, 6.45) is 2.87. The highest BCUT2D eigenvalue weighted by molar-refractivity contribution is 7.98. The summed E-state index contributed by atoms with van der Waals surface area (Å²) >= 11 is 1.73. The highest BCUT2D eigenvalue weighted by Crippen LogP contribution is 2.29. The molecule has 1 atom stereocenters. The molecule has 0 aliphatic heterocycles. The first-order valence-electron chi connectivity index (χ1n) is 6.51. The lowest BCUT2D eigenvalue weighted by Gasteiger charge is -2.20. The van der Waals surface area contributed by atoms with Crippen molar-refractivity contribution in [2.45, 2.75) is 17.4 Å². The van der Waals surface area contributed by atoms with Crippen LogP contribution in [0.25, 0.3) is 0 Å². The molecule has 0 fully saturated rings. The zero-order valence-electron chi connectivity index (χ0n) is 11.8. The summed E-state index contributed by atoms with van der Waals surface area (Å²) < 4.78 is 5.41. The van der Waals surface area contributed by atoms with Crippen molar-refractivity contribution >= 4 is 11.8 Å². The molecule has 0 aromatic heterocycles. The number of para-hydroxylation sites is 1. The van der Waals surface area contributed by atoms with Gasteiger partial charge in [0, 0.05) is 4.90 Å². The highest BCUT2D eigenvalue weighted by atomic mass is 32.2. The van der Waals surface area contributed by atoms with Gasteiger partial charge in [-0.05, 0) is 35.9 Å². The summed E-state index contributed by atoms with van der Waals surface area (Å²) in [7, 11) is 1.69. The van der Waals surface area contributed by atoms with Crippen molar-refractivity contribution in [2.75, 3.05) is 13.4 Å². The molecule has 4 heteroatoms. The lowest BCUT2D eigenvalue weighted by atomic mass is 9.99. The van der Waals surface area contributed by atoms with Gasteiger partial charge in [-0.3, -0.25) is 11.3 Å². The van der Waals surface area contributed by atoms with Crippen LogP contribution in [0.1, 0.15) is 17.2 Å². The molecule has 0 heterocycles. The summed E-state index contributed by atoms with van der Waals surface area (Å²) in [4.78, 5) is 1.24. The summed E-state index contributed by atoms with van der Waals surface area (Å²) in [5.41, 5.74) is 5.29. The molecule has 2 aromatic rings. The average Bonchev–Trinajstić information content (AvgIpc) is 2.53. The second-order valence-electron chi connectivity index (χ2n) is 4.48. The van der Waals surface area contributed by atoms with Crippen LogP contribution in [0, 0.1) is 0 Å². The normalized spacial score (nSPS) is 12.2. The van der Waals surface area contributed by atoms with Gasteiger partial charge in [-0.15, -0.1) is 11.8 Å². The topological polar surface area (TPSA) is 47.3 Å². The lowest BCUT2D eigenvalue weighted by Crippen LogP contribution is -2.30. The Kier molecular flexibility index (Phi) is 5.47. The van der Waals surface area contributed by atoms with Gasteiger partial charge in [0.25, 0.3) is 0 Å². The third-order valence-corrected chi connectivity index (χ3v) is 4.14. The van der Waals surface area contributed by atoms with E-state index >= 15 is 0 Å². The lowest BCUT2D eigenvalue weighted by molar-refractivity contribution is 0.405. The fraction of sp³-hybridized carbons (Fsp3) is 0.250. The van der Waals surface area contributed by atoms with Gasteiger partial charge in [-0.1, -0.05) is 36.4 Å². The third kappa shape index (κ3) is 3.33. The zero-order valence-corrected chi connectivity index (χ0v) is 12.6. The maximum absolute atomic E-state index is 5.77. The van der Waals surface area contributed by atoms with Gasteiger partial charge >= 0.3 is 0 Å². The average molecular weight is 288 g/mol. The molecule has 20 heavy (non-hydrogen) atoms. The highest BCUT2D eigenvalue weighted by Gasteiger charge is 2.15. The molecule has 2 rings (SSSR count). The van der Waals surface area contributed by atoms with E-state index < -0.39 is 0 Å². The molecule has 3 N–H and O–H groups in total. The van der Waals surface area contributed by atoms with Gasteiger partial charge in [-0.25, -0.2) is 0 Å². The van der Waals surface area contributed by atoms with Crippen LogP contribution in [-0.2, 0) is 6.42 Å². The summed E-state index contributed by atoms with van der Waals surface area (Å²) in [5.74, 6) is 6.67. The van der Waals surface area contributed by atoms with E-state index in [0.29, 0.717) is 0 Å². The number of nitrogens with two attached hydrogens (primary N) is 1. The minimum Gasteiger partial charge on any atom is -0.496 e. The number of thioether (sulfide) groups is 1. The van der Waals surface area contributed by atoms with E-state index in [9.17, 15) is 0 Å². The van der Waals surface area contributed by atoms with Crippen LogP contribution in [0.15, 0.2) is 53.4 Å². The molecule has 106 valence electrons. The van der Waals surface area contributed by atoms with Crippen LogP contribution < -0.4 is 16.0 Å². The molecule has 0 aliphatic carbocycles. The van der Waals surface area contributed by atoms with Gasteiger partial charge < -0.3 is 4.74 Å². The Labute approximate surface area is 124 Å². The van der Waals surface area contributed by atoms with Crippen LogP contribution in [0.2, 0.25) is 0 Å². The molecule has 0 amide bonds. The Morgan fingerprint density at radius 1 is 1.15 bits per heavy atom. The molecule has 0 spiro atoms. The zero-order chi connectivity index (χ0) is 14.4. The van der Waals surface area contributed by atoms with E-state index in [4.69, 9.17) is 10.6 Å². The first-order valence-corrected chi connectivity index (χ1v) is 7.73. The Balaban J connectivity index is 2.29. The Morgan fingerprint density at radius 2 is 1.85 bits per heavy atom. The van der Waals surface area contributed by atoms with Crippen molar-refractivity contribution in [3.63, 3.8) is 0 Å². The van der Waals surface area contributed by atoms with Crippen molar-refractivity contribution < 1.29 is 4.74 Å². The van der Waals surface area contributed by atoms with E-state index in [1.807, 2.05) is 30.3 Å². The number of hydrogen-bond donors (Lipinski definition) is 2. The van der Waals surface area contributed by atoms with Crippen molar-refractivity contribution in [1.29, 1.82) is 0 Å². The molecule has 0 saturated carbocycles. The van der Waals surface area contributed by atoms with Gasteiger partial charge in [0.05, 0.1) is 13.2 Å². The van der Waals surface area contributed by atoms with Crippen LogP contribution in [0.4, 0.5) is 0 Å². The molecular formula is C16H20N2OS. The minimum atomic E-state index is 0.0648. The maximum Gasteiger partial charge on any atom is 0.122 e. The molecule has 0 aliphatic rings.